The predicted octanol–water partition coefficient (Wildman–Crippen LogP) is 2.72. The molecule has 0 saturated carbocycles. The van der Waals surface area contributed by atoms with Crippen LogP contribution >= 0.6 is 0 Å². The summed E-state index contributed by atoms with van der Waals surface area (Å²) in [6, 6.07) is 4.79. The first-order chi connectivity index (χ1) is 8.04. The molecule has 96 valence electrons. The minimum Gasteiger partial charge on any atom is -0.494 e. The second-order valence-corrected chi connectivity index (χ2v) is 4.70. The smallest absolute Gasteiger partial charge is 0.144 e. The number of methoxy groups -OCH3 is 1. The lowest BCUT2D eigenvalue weighted by atomic mass is 10.1. The molecule has 0 aliphatic carbocycles. The van der Waals surface area contributed by atoms with Crippen LogP contribution in [0.5, 0.6) is 5.75 Å². The zero-order valence-corrected chi connectivity index (χ0v) is 11.6. The zero-order valence-electron chi connectivity index (χ0n) is 11.6. The van der Waals surface area contributed by atoms with E-state index < -0.39 is 0 Å². The molecule has 0 atom stereocenters. The maximum absolute atomic E-state index is 5.43. The highest BCUT2D eigenvalue weighted by molar-refractivity contribution is 5.61. The van der Waals surface area contributed by atoms with Crippen molar-refractivity contribution in [3.63, 3.8) is 0 Å². The Hall–Kier alpha value is -1.22. The molecule has 0 spiro atoms. The Balaban J connectivity index is 2.63. The summed E-state index contributed by atoms with van der Waals surface area (Å²) in [6.07, 6.45) is 0. The van der Waals surface area contributed by atoms with Gasteiger partial charge in [0.2, 0.25) is 0 Å². The van der Waals surface area contributed by atoms with Crippen molar-refractivity contribution in [2.75, 3.05) is 25.5 Å². The number of nitrogens with one attached hydrogen (secondary N) is 2. The summed E-state index contributed by atoms with van der Waals surface area (Å²) in [5, 5.41) is 6.79. The number of hydrogen-bond donors (Lipinski definition) is 2. The van der Waals surface area contributed by atoms with Crippen molar-refractivity contribution in [2.45, 2.75) is 33.7 Å². The van der Waals surface area contributed by atoms with Crippen LogP contribution < -0.4 is 15.4 Å². The first-order valence-electron chi connectivity index (χ1n) is 6.17. The average Bonchev–Trinajstić information content (AvgIpc) is 2.23. The molecule has 1 rings (SSSR count). The van der Waals surface area contributed by atoms with Gasteiger partial charge in [0.15, 0.2) is 0 Å². The highest BCUT2D eigenvalue weighted by Crippen LogP contribution is 2.29. The molecule has 3 nitrogen and oxygen atoms in total. The second kappa shape index (κ2) is 6.50. The fourth-order valence-corrected chi connectivity index (χ4v) is 1.91. The topological polar surface area (TPSA) is 33.3 Å². The fourth-order valence-electron chi connectivity index (χ4n) is 1.91. The van der Waals surface area contributed by atoms with Crippen LogP contribution in [0.4, 0.5) is 5.69 Å². The van der Waals surface area contributed by atoms with E-state index in [-0.39, 0.29) is 0 Å². The third-order valence-corrected chi connectivity index (χ3v) is 2.62. The maximum atomic E-state index is 5.43. The van der Waals surface area contributed by atoms with Crippen molar-refractivity contribution < 1.29 is 4.74 Å². The van der Waals surface area contributed by atoms with E-state index in [1.165, 1.54) is 11.1 Å². The standard InChI is InChI=1S/C14H24N2O/c1-10(2)15-6-7-16-13-9-11(3)8-12(4)14(13)17-5/h8-10,15-16H,6-7H2,1-5H3. The highest BCUT2D eigenvalue weighted by atomic mass is 16.5. The van der Waals surface area contributed by atoms with E-state index in [0.717, 1.165) is 24.5 Å². The number of anilines is 1. The second-order valence-electron chi connectivity index (χ2n) is 4.70. The summed E-state index contributed by atoms with van der Waals surface area (Å²) in [7, 11) is 1.72. The molecule has 0 fully saturated rings. The quantitative estimate of drug-likeness (QED) is 0.745. The van der Waals surface area contributed by atoms with Crippen LogP contribution in [0.15, 0.2) is 12.1 Å². The summed E-state index contributed by atoms with van der Waals surface area (Å²) in [4.78, 5) is 0. The van der Waals surface area contributed by atoms with Crippen LogP contribution in [0.3, 0.4) is 0 Å². The summed E-state index contributed by atoms with van der Waals surface area (Å²) in [5.41, 5.74) is 3.50. The van der Waals surface area contributed by atoms with Crippen LogP contribution in [-0.4, -0.2) is 26.2 Å². The average molecular weight is 236 g/mol. The molecular formula is C14H24N2O. The van der Waals surface area contributed by atoms with Gasteiger partial charge in [0.1, 0.15) is 5.75 Å². The molecule has 1 aromatic carbocycles. The Labute approximate surface area is 105 Å². The molecule has 2 N–H and O–H groups in total. The maximum Gasteiger partial charge on any atom is 0.144 e. The fraction of sp³-hybridized carbons (Fsp3) is 0.571. The monoisotopic (exact) mass is 236 g/mol. The molecule has 0 aliphatic heterocycles. The van der Waals surface area contributed by atoms with Crippen molar-refractivity contribution in [1.29, 1.82) is 0 Å². The predicted molar refractivity (Wildman–Crippen MR) is 74.1 cm³/mol. The van der Waals surface area contributed by atoms with Crippen LogP contribution in [-0.2, 0) is 0 Å². The normalized spacial score (nSPS) is 10.7. The van der Waals surface area contributed by atoms with Gasteiger partial charge >= 0.3 is 0 Å². The Morgan fingerprint density at radius 2 is 1.88 bits per heavy atom. The van der Waals surface area contributed by atoms with E-state index in [1.54, 1.807) is 7.11 Å². The van der Waals surface area contributed by atoms with Crippen LogP contribution in [0.1, 0.15) is 25.0 Å². The van der Waals surface area contributed by atoms with Gasteiger partial charge in [-0.3, -0.25) is 0 Å². The molecule has 0 aromatic heterocycles. The number of benzene rings is 1. The Morgan fingerprint density at radius 3 is 2.47 bits per heavy atom. The zero-order chi connectivity index (χ0) is 12.8. The van der Waals surface area contributed by atoms with Gasteiger partial charge in [0.05, 0.1) is 12.8 Å². The van der Waals surface area contributed by atoms with E-state index in [9.17, 15) is 0 Å². The Bertz CT molecular complexity index is 361. The van der Waals surface area contributed by atoms with Gasteiger partial charge in [0.25, 0.3) is 0 Å². The van der Waals surface area contributed by atoms with E-state index >= 15 is 0 Å². The summed E-state index contributed by atoms with van der Waals surface area (Å²) in [5.74, 6) is 0.945. The van der Waals surface area contributed by atoms with Gasteiger partial charge in [-0.1, -0.05) is 19.9 Å². The number of rotatable bonds is 6. The van der Waals surface area contributed by atoms with Crippen LogP contribution in [0.25, 0.3) is 0 Å². The molecule has 3 heteroatoms. The van der Waals surface area contributed by atoms with Gasteiger partial charge in [-0.05, 0) is 31.0 Å². The van der Waals surface area contributed by atoms with Crippen LogP contribution in [0.2, 0.25) is 0 Å². The lowest BCUT2D eigenvalue weighted by Gasteiger charge is -2.15. The van der Waals surface area contributed by atoms with E-state index in [4.69, 9.17) is 4.74 Å². The lowest BCUT2D eigenvalue weighted by molar-refractivity contribution is 0.413. The Morgan fingerprint density at radius 1 is 1.18 bits per heavy atom. The van der Waals surface area contributed by atoms with Gasteiger partial charge < -0.3 is 15.4 Å². The third kappa shape index (κ3) is 4.27. The summed E-state index contributed by atoms with van der Waals surface area (Å²) < 4.78 is 5.43. The molecule has 0 heterocycles. The van der Waals surface area contributed by atoms with Crippen molar-refractivity contribution in [3.05, 3.63) is 23.3 Å². The molecule has 0 bridgehead atoms. The molecule has 17 heavy (non-hydrogen) atoms. The third-order valence-electron chi connectivity index (χ3n) is 2.62. The number of aryl methyl sites for hydroxylation is 2. The largest absolute Gasteiger partial charge is 0.494 e. The molecule has 0 amide bonds. The minimum absolute atomic E-state index is 0.526. The van der Waals surface area contributed by atoms with Gasteiger partial charge in [0, 0.05) is 19.1 Å². The van der Waals surface area contributed by atoms with Crippen molar-refractivity contribution >= 4 is 5.69 Å². The molecule has 0 saturated heterocycles. The number of ether oxygens (including phenoxy) is 1. The summed E-state index contributed by atoms with van der Waals surface area (Å²) in [6.45, 7) is 10.3. The van der Waals surface area contributed by atoms with Crippen molar-refractivity contribution in [1.82, 2.24) is 5.32 Å². The molecular weight excluding hydrogens is 212 g/mol. The van der Waals surface area contributed by atoms with E-state index in [1.807, 2.05) is 0 Å². The van der Waals surface area contributed by atoms with Gasteiger partial charge in [-0.15, -0.1) is 0 Å². The van der Waals surface area contributed by atoms with Crippen LogP contribution in [0, 0.1) is 13.8 Å². The molecule has 0 aliphatic rings. The number of hydrogen-bond acceptors (Lipinski definition) is 3. The molecule has 0 unspecified atom stereocenters. The van der Waals surface area contributed by atoms with Crippen molar-refractivity contribution in [3.8, 4) is 5.75 Å². The Kier molecular flexibility index (Phi) is 5.29. The van der Waals surface area contributed by atoms with Gasteiger partial charge in [-0.25, -0.2) is 0 Å². The first kappa shape index (κ1) is 13.8. The SMILES string of the molecule is COc1c(C)cc(C)cc1NCCNC(C)C. The minimum atomic E-state index is 0.526. The van der Waals surface area contributed by atoms with E-state index in [0.29, 0.717) is 6.04 Å². The summed E-state index contributed by atoms with van der Waals surface area (Å²) >= 11 is 0. The highest BCUT2D eigenvalue weighted by Gasteiger charge is 2.06. The van der Waals surface area contributed by atoms with Gasteiger partial charge in [-0.2, -0.15) is 0 Å². The first-order valence-corrected chi connectivity index (χ1v) is 6.17. The molecule has 1 aromatic rings. The van der Waals surface area contributed by atoms with E-state index in [2.05, 4.69) is 50.5 Å². The molecule has 0 radical (unpaired) electrons. The van der Waals surface area contributed by atoms with Crippen molar-refractivity contribution in [2.24, 2.45) is 0 Å². The lowest BCUT2D eigenvalue weighted by Crippen LogP contribution is -2.28.